The van der Waals surface area contributed by atoms with Gasteiger partial charge in [-0.3, -0.25) is 9.78 Å². The van der Waals surface area contributed by atoms with Crippen molar-refractivity contribution in [1.29, 1.82) is 0 Å². The summed E-state index contributed by atoms with van der Waals surface area (Å²) in [7, 11) is 1.82. The van der Waals surface area contributed by atoms with Gasteiger partial charge in [-0.2, -0.15) is 0 Å². The third kappa shape index (κ3) is 2.25. The first-order chi connectivity index (χ1) is 8.13. The number of anilines is 1. The number of carbonyl (C=O) groups is 1. The van der Waals surface area contributed by atoms with Gasteiger partial charge < -0.3 is 10.2 Å². The molecule has 92 valence electrons. The number of hydrogen-bond donors (Lipinski definition) is 1. The second-order valence-corrected chi connectivity index (χ2v) is 4.84. The van der Waals surface area contributed by atoms with Crippen LogP contribution in [0.4, 0.5) is 5.69 Å². The van der Waals surface area contributed by atoms with Gasteiger partial charge in [0.15, 0.2) is 0 Å². The molecule has 4 heteroatoms. The number of amides is 1. The van der Waals surface area contributed by atoms with Gasteiger partial charge in [0.05, 0.1) is 5.56 Å². The molecule has 2 unspecified atom stereocenters. The summed E-state index contributed by atoms with van der Waals surface area (Å²) in [5.41, 5.74) is 1.51. The molecule has 4 nitrogen and oxygen atoms in total. The van der Waals surface area contributed by atoms with E-state index in [2.05, 4.69) is 24.1 Å². The minimum absolute atomic E-state index is 0.0821. The molecule has 2 rings (SSSR count). The Bertz CT molecular complexity index is 409. The number of aromatic nitrogens is 1. The van der Waals surface area contributed by atoms with Gasteiger partial charge in [0.25, 0.3) is 5.91 Å². The summed E-state index contributed by atoms with van der Waals surface area (Å²) < 4.78 is 0. The van der Waals surface area contributed by atoms with Crippen LogP contribution < -0.4 is 5.32 Å². The minimum Gasteiger partial charge on any atom is -0.387 e. The third-order valence-corrected chi connectivity index (χ3v) is 3.60. The summed E-state index contributed by atoms with van der Waals surface area (Å²) in [6.45, 7) is 6.08. The van der Waals surface area contributed by atoms with Crippen molar-refractivity contribution in [1.82, 2.24) is 9.88 Å². The first-order valence-corrected chi connectivity index (χ1v) is 6.04. The van der Waals surface area contributed by atoms with Crippen LogP contribution in [0.1, 0.15) is 24.2 Å². The summed E-state index contributed by atoms with van der Waals surface area (Å²) in [6.07, 6.45) is 3.33. The van der Waals surface area contributed by atoms with E-state index in [0.717, 1.165) is 18.8 Å². The highest BCUT2D eigenvalue weighted by molar-refractivity contribution is 5.99. The third-order valence-electron chi connectivity index (χ3n) is 3.60. The summed E-state index contributed by atoms with van der Waals surface area (Å²) in [5, 5.41) is 3.03. The lowest BCUT2D eigenvalue weighted by Crippen LogP contribution is -2.29. The summed E-state index contributed by atoms with van der Waals surface area (Å²) in [5.74, 6) is 1.24. The molecule has 0 bridgehead atoms. The Morgan fingerprint density at radius 2 is 2.06 bits per heavy atom. The first-order valence-electron chi connectivity index (χ1n) is 6.04. The van der Waals surface area contributed by atoms with Gasteiger partial charge in [0.2, 0.25) is 0 Å². The maximum Gasteiger partial charge on any atom is 0.257 e. The summed E-state index contributed by atoms with van der Waals surface area (Å²) >= 11 is 0. The van der Waals surface area contributed by atoms with Crippen molar-refractivity contribution in [3.8, 4) is 0 Å². The Kier molecular flexibility index (Phi) is 3.31. The normalized spacial score (nSPS) is 23.8. The van der Waals surface area contributed by atoms with Gasteiger partial charge in [0, 0.05) is 38.2 Å². The second-order valence-electron chi connectivity index (χ2n) is 4.84. The van der Waals surface area contributed by atoms with E-state index in [0.29, 0.717) is 17.4 Å². The Morgan fingerprint density at radius 3 is 2.65 bits per heavy atom. The smallest absolute Gasteiger partial charge is 0.257 e. The standard InChI is InChI=1S/C13H19N3O/c1-9-7-16(8-10(9)2)13(17)11-6-15-5-4-12(11)14-3/h4-6,9-10H,7-8H2,1-3H3,(H,14,15). The van der Waals surface area contributed by atoms with E-state index < -0.39 is 0 Å². The summed E-state index contributed by atoms with van der Waals surface area (Å²) in [4.78, 5) is 18.3. The van der Waals surface area contributed by atoms with Crippen molar-refractivity contribution in [3.63, 3.8) is 0 Å². The fraction of sp³-hybridized carbons (Fsp3) is 0.538. The predicted octanol–water partition coefficient (Wildman–Crippen LogP) is 1.85. The Hall–Kier alpha value is -1.58. The van der Waals surface area contributed by atoms with Gasteiger partial charge in [-0.15, -0.1) is 0 Å². The van der Waals surface area contributed by atoms with Gasteiger partial charge in [0.1, 0.15) is 0 Å². The van der Waals surface area contributed by atoms with E-state index >= 15 is 0 Å². The van der Waals surface area contributed by atoms with Gasteiger partial charge in [-0.25, -0.2) is 0 Å². The van der Waals surface area contributed by atoms with E-state index in [9.17, 15) is 4.79 Å². The van der Waals surface area contributed by atoms with Crippen molar-refractivity contribution in [3.05, 3.63) is 24.0 Å². The molecule has 1 N–H and O–H groups in total. The Labute approximate surface area is 102 Å². The Morgan fingerprint density at radius 1 is 1.41 bits per heavy atom. The fourth-order valence-electron chi connectivity index (χ4n) is 2.25. The van der Waals surface area contributed by atoms with E-state index in [-0.39, 0.29) is 5.91 Å². The number of pyridine rings is 1. The van der Waals surface area contributed by atoms with Crippen LogP contribution in [0.2, 0.25) is 0 Å². The fourth-order valence-corrected chi connectivity index (χ4v) is 2.25. The molecule has 1 saturated heterocycles. The molecule has 1 aliphatic rings. The average Bonchev–Trinajstić information content (AvgIpc) is 2.68. The number of hydrogen-bond acceptors (Lipinski definition) is 3. The van der Waals surface area contributed by atoms with Crippen LogP contribution in [0.15, 0.2) is 18.5 Å². The topological polar surface area (TPSA) is 45.2 Å². The molecule has 0 radical (unpaired) electrons. The van der Waals surface area contributed by atoms with Crippen molar-refractivity contribution in [2.45, 2.75) is 13.8 Å². The lowest BCUT2D eigenvalue weighted by Gasteiger charge is -2.17. The van der Waals surface area contributed by atoms with Crippen molar-refractivity contribution < 1.29 is 4.79 Å². The molecule has 17 heavy (non-hydrogen) atoms. The molecular formula is C13H19N3O. The van der Waals surface area contributed by atoms with Crippen LogP contribution in [0.5, 0.6) is 0 Å². The molecule has 0 aromatic carbocycles. The molecular weight excluding hydrogens is 214 g/mol. The predicted molar refractivity (Wildman–Crippen MR) is 68.0 cm³/mol. The van der Waals surface area contributed by atoms with E-state index in [1.807, 2.05) is 18.0 Å². The molecule has 2 heterocycles. The lowest BCUT2D eigenvalue weighted by atomic mass is 10.0. The SMILES string of the molecule is CNc1ccncc1C(=O)N1CC(C)C(C)C1. The van der Waals surface area contributed by atoms with Crippen LogP contribution >= 0.6 is 0 Å². The zero-order valence-electron chi connectivity index (χ0n) is 10.6. The van der Waals surface area contributed by atoms with Gasteiger partial charge >= 0.3 is 0 Å². The van der Waals surface area contributed by atoms with E-state index in [1.54, 1.807) is 12.4 Å². The first kappa shape index (κ1) is 11.9. The molecule has 0 spiro atoms. The summed E-state index contributed by atoms with van der Waals surface area (Å²) in [6, 6.07) is 1.83. The zero-order chi connectivity index (χ0) is 12.4. The minimum atomic E-state index is 0.0821. The number of rotatable bonds is 2. The highest BCUT2D eigenvalue weighted by atomic mass is 16.2. The van der Waals surface area contributed by atoms with Crippen LogP contribution in [-0.2, 0) is 0 Å². The molecule has 0 saturated carbocycles. The molecule has 2 atom stereocenters. The van der Waals surface area contributed by atoms with E-state index in [1.165, 1.54) is 0 Å². The molecule has 1 fully saturated rings. The van der Waals surface area contributed by atoms with Gasteiger partial charge in [-0.1, -0.05) is 13.8 Å². The van der Waals surface area contributed by atoms with Crippen LogP contribution in [0.25, 0.3) is 0 Å². The monoisotopic (exact) mass is 233 g/mol. The van der Waals surface area contributed by atoms with E-state index in [4.69, 9.17) is 0 Å². The lowest BCUT2D eigenvalue weighted by molar-refractivity contribution is 0.0785. The average molecular weight is 233 g/mol. The van der Waals surface area contributed by atoms with Crippen LogP contribution in [-0.4, -0.2) is 35.9 Å². The zero-order valence-corrected chi connectivity index (χ0v) is 10.6. The van der Waals surface area contributed by atoms with Gasteiger partial charge in [-0.05, 0) is 17.9 Å². The second kappa shape index (κ2) is 4.73. The van der Waals surface area contributed by atoms with Crippen LogP contribution in [0.3, 0.4) is 0 Å². The highest BCUT2D eigenvalue weighted by Crippen LogP contribution is 2.25. The Balaban J connectivity index is 2.20. The number of nitrogens with one attached hydrogen (secondary N) is 1. The number of likely N-dealkylation sites (tertiary alicyclic amines) is 1. The molecule has 1 aliphatic heterocycles. The maximum atomic E-state index is 12.4. The molecule has 0 aliphatic carbocycles. The maximum absolute atomic E-state index is 12.4. The highest BCUT2D eigenvalue weighted by Gasteiger charge is 2.30. The largest absolute Gasteiger partial charge is 0.387 e. The number of nitrogens with zero attached hydrogens (tertiary/aromatic N) is 2. The molecule has 1 amide bonds. The van der Waals surface area contributed by atoms with Crippen LogP contribution in [0, 0.1) is 11.8 Å². The molecule has 1 aromatic heterocycles. The van der Waals surface area contributed by atoms with Crippen molar-refractivity contribution in [2.75, 3.05) is 25.5 Å². The molecule has 1 aromatic rings. The van der Waals surface area contributed by atoms with Crippen molar-refractivity contribution in [2.24, 2.45) is 11.8 Å². The quantitative estimate of drug-likeness (QED) is 0.848. The van der Waals surface area contributed by atoms with Crippen molar-refractivity contribution >= 4 is 11.6 Å². The number of carbonyl (C=O) groups excluding carboxylic acids is 1.